The van der Waals surface area contributed by atoms with Gasteiger partial charge in [-0.3, -0.25) is 4.79 Å². The molecule has 2 aromatic rings. The summed E-state index contributed by atoms with van der Waals surface area (Å²) in [5.41, 5.74) is 1.60. The topological polar surface area (TPSA) is 60.8 Å². The summed E-state index contributed by atoms with van der Waals surface area (Å²) in [4.78, 5) is 12.7. The van der Waals surface area contributed by atoms with Crippen LogP contribution in [0.2, 0.25) is 5.02 Å². The maximum atomic E-state index is 11.0. The van der Waals surface area contributed by atoms with Crippen LogP contribution in [0.15, 0.2) is 48.5 Å². The van der Waals surface area contributed by atoms with Crippen LogP contribution in [0.5, 0.6) is 5.75 Å². The average molecular weight is 292 g/mol. The summed E-state index contributed by atoms with van der Waals surface area (Å²) in [6, 6.07) is 13.7. The van der Waals surface area contributed by atoms with Crippen LogP contribution in [0.3, 0.4) is 0 Å². The zero-order valence-electron chi connectivity index (χ0n) is 10.7. The molecule has 0 saturated heterocycles. The highest BCUT2D eigenvalue weighted by Crippen LogP contribution is 2.21. The maximum absolute atomic E-state index is 11.0. The van der Waals surface area contributed by atoms with Crippen molar-refractivity contribution in [3.8, 4) is 5.75 Å². The van der Waals surface area contributed by atoms with Gasteiger partial charge in [0.05, 0.1) is 0 Å². The molecule has 20 heavy (non-hydrogen) atoms. The number of phenols is 1. The Kier molecular flexibility index (Phi) is 4.48. The first-order chi connectivity index (χ1) is 9.54. The van der Waals surface area contributed by atoms with Gasteiger partial charge in [-0.1, -0.05) is 23.7 Å². The zero-order chi connectivity index (χ0) is 14.5. The molecule has 104 valence electrons. The number of carboxylic acids is 1. The summed E-state index contributed by atoms with van der Waals surface area (Å²) in [6.45, 7) is 0.264. The van der Waals surface area contributed by atoms with Gasteiger partial charge in [0.1, 0.15) is 12.3 Å². The van der Waals surface area contributed by atoms with Crippen LogP contribution < -0.4 is 4.90 Å². The van der Waals surface area contributed by atoms with E-state index < -0.39 is 5.97 Å². The molecule has 0 aromatic heterocycles. The van der Waals surface area contributed by atoms with Crippen LogP contribution in [0.1, 0.15) is 5.56 Å². The lowest BCUT2D eigenvalue weighted by molar-refractivity contribution is -0.135. The Bertz CT molecular complexity index is 598. The normalized spacial score (nSPS) is 10.2. The molecule has 0 aliphatic rings. The van der Waals surface area contributed by atoms with Crippen LogP contribution in [-0.2, 0) is 11.3 Å². The Morgan fingerprint density at radius 3 is 2.45 bits per heavy atom. The zero-order valence-corrected chi connectivity index (χ0v) is 11.4. The van der Waals surface area contributed by atoms with Crippen molar-refractivity contribution in [1.82, 2.24) is 0 Å². The highest BCUT2D eigenvalue weighted by atomic mass is 35.5. The molecule has 0 aliphatic carbocycles. The fraction of sp³-hybridized carbons (Fsp3) is 0.133. The number of anilines is 1. The number of rotatable bonds is 5. The molecule has 0 aliphatic heterocycles. The fourth-order valence-corrected chi connectivity index (χ4v) is 2.05. The monoisotopic (exact) mass is 291 g/mol. The van der Waals surface area contributed by atoms with Gasteiger partial charge in [-0.2, -0.15) is 0 Å². The summed E-state index contributed by atoms with van der Waals surface area (Å²) in [5, 5.41) is 19.1. The van der Waals surface area contributed by atoms with Crippen molar-refractivity contribution >= 4 is 23.3 Å². The van der Waals surface area contributed by atoms with Crippen molar-refractivity contribution < 1.29 is 15.0 Å². The predicted molar refractivity (Wildman–Crippen MR) is 78.2 cm³/mol. The number of hydrogen-bond acceptors (Lipinski definition) is 3. The Labute approximate surface area is 121 Å². The van der Waals surface area contributed by atoms with Crippen molar-refractivity contribution in [3.63, 3.8) is 0 Å². The minimum absolute atomic E-state index is 0.128. The number of nitrogens with zero attached hydrogens (tertiary/aromatic N) is 1. The SMILES string of the molecule is O=C(O)CN(Cc1cccc(O)c1)c1ccc(Cl)cc1. The molecule has 2 rings (SSSR count). The van der Waals surface area contributed by atoms with E-state index in [1.165, 1.54) is 0 Å². The van der Waals surface area contributed by atoms with E-state index in [4.69, 9.17) is 16.7 Å². The molecule has 4 nitrogen and oxygen atoms in total. The average Bonchev–Trinajstić information content (AvgIpc) is 2.38. The molecule has 0 fully saturated rings. The minimum atomic E-state index is -0.917. The number of hydrogen-bond donors (Lipinski definition) is 2. The summed E-state index contributed by atoms with van der Waals surface area (Å²) in [7, 11) is 0. The number of halogens is 1. The molecule has 0 spiro atoms. The van der Waals surface area contributed by atoms with Crippen LogP contribution >= 0.6 is 11.6 Å². The molecule has 5 heteroatoms. The van der Waals surface area contributed by atoms with Gasteiger partial charge in [-0.15, -0.1) is 0 Å². The number of carboxylic acid groups (broad SMARTS) is 1. The molecular formula is C15H14ClNO3. The number of benzene rings is 2. The maximum Gasteiger partial charge on any atom is 0.323 e. The lowest BCUT2D eigenvalue weighted by Gasteiger charge is -2.23. The Morgan fingerprint density at radius 2 is 1.85 bits per heavy atom. The third-order valence-electron chi connectivity index (χ3n) is 2.80. The quantitative estimate of drug-likeness (QED) is 0.888. The predicted octanol–water partition coefficient (Wildman–Crippen LogP) is 3.14. The van der Waals surface area contributed by atoms with Crippen LogP contribution in [-0.4, -0.2) is 22.7 Å². The molecule has 0 atom stereocenters. The Hall–Kier alpha value is -2.20. The second-order valence-electron chi connectivity index (χ2n) is 4.40. The molecule has 2 aromatic carbocycles. The summed E-state index contributed by atoms with van der Waals surface area (Å²) in [6.07, 6.45) is 0. The van der Waals surface area contributed by atoms with Crippen LogP contribution in [0, 0.1) is 0 Å². The van der Waals surface area contributed by atoms with E-state index in [0.29, 0.717) is 11.6 Å². The first-order valence-electron chi connectivity index (χ1n) is 6.05. The number of aliphatic carboxylic acids is 1. The molecule has 2 N–H and O–H groups in total. The van der Waals surface area contributed by atoms with E-state index in [9.17, 15) is 9.90 Å². The molecule has 0 bridgehead atoms. The minimum Gasteiger partial charge on any atom is -0.508 e. The second-order valence-corrected chi connectivity index (χ2v) is 4.83. The van der Waals surface area contributed by atoms with Gasteiger partial charge in [-0.25, -0.2) is 0 Å². The fourth-order valence-electron chi connectivity index (χ4n) is 1.93. The smallest absolute Gasteiger partial charge is 0.323 e. The second kappa shape index (κ2) is 6.30. The number of aromatic hydroxyl groups is 1. The van der Waals surface area contributed by atoms with Crippen molar-refractivity contribution in [3.05, 3.63) is 59.1 Å². The van der Waals surface area contributed by atoms with Crippen molar-refractivity contribution in [1.29, 1.82) is 0 Å². The number of phenolic OH excluding ortho intramolecular Hbond substituents is 1. The first-order valence-corrected chi connectivity index (χ1v) is 6.42. The Balaban J connectivity index is 2.23. The van der Waals surface area contributed by atoms with Gasteiger partial charge >= 0.3 is 5.97 Å². The van der Waals surface area contributed by atoms with E-state index in [1.54, 1.807) is 47.4 Å². The van der Waals surface area contributed by atoms with E-state index in [-0.39, 0.29) is 12.3 Å². The third-order valence-corrected chi connectivity index (χ3v) is 3.05. The van der Waals surface area contributed by atoms with Gasteiger partial charge < -0.3 is 15.1 Å². The highest BCUT2D eigenvalue weighted by Gasteiger charge is 2.11. The molecular weight excluding hydrogens is 278 g/mol. The van der Waals surface area contributed by atoms with Crippen molar-refractivity contribution in [2.75, 3.05) is 11.4 Å². The molecule has 0 heterocycles. The van der Waals surface area contributed by atoms with E-state index in [1.807, 2.05) is 6.07 Å². The lowest BCUT2D eigenvalue weighted by Crippen LogP contribution is -2.29. The van der Waals surface area contributed by atoms with Gasteiger partial charge in [-0.05, 0) is 42.0 Å². The standard InChI is InChI=1S/C15H14ClNO3/c16-12-4-6-13(7-5-12)17(10-15(19)20)9-11-2-1-3-14(18)8-11/h1-8,18H,9-10H2,(H,19,20). The van der Waals surface area contributed by atoms with Gasteiger partial charge in [0.15, 0.2) is 0 Å². The van der Waals surface area contributed by atoms with Gasteiger partial charge in [0, 0.05) is 17.3 Å². The van der Waals surface area contributed by atoms with E-state index >= 15 is 0 Å². The summed E-state index contributed by atoms with van der Waals surface area (Å²) >= 11 is 5.84. The Morgan fingerprint density at radius 1 is 1.15 bits per heavy atom. The van der Waals surface area contributed by atoms with Crippen molar-refractivity contribution in [2.45, 2.75) is 6.54 Å². The molecule has 0 saturated carbocycles. The van der Waals surface area contributed by atoms with Crippen LogP contribution in [0.25, 0.3) is 0 Å². The van der Waals surface area contributed by atoms with Crippen LogP contribution in [0.4, 0.5) is 5.69 Å². The summed E-state index contributed by atoms with van der Waals surface area (Å²) in [5.74, 6) is -0.756. The first kappa shape index (κ1) is 14.2. The largest absolute Gasteiger partial charge is 0.508 e. The van der Waals surface area contributed by atoms with E-state index in [2.05, 4.69) is 0 Å². The highest BCUT2D eigenvalue weighted by molar-refractivity contribution is 6.30. The lowest BCUT2D eigenvalue weighted by atomic mass is 10.2. The van der Waals surface area contributed by atoms with Crippen molar-refractivity contribution in [2.24, 2.45) is 0 Å². The number of carbonyl (C=O) groups is 1. The van der Waals surface area contributed by atoms with E-state index in [0.717, 1.165) is 11.3 Å². The third kappa shape index (κ3) is 3.90. The van der Waals surface area contributed by atoms with Gasteiger partial charge in [0.25, 0.3) is 0 Å². The molecule has 0 unspecified atom stereocenters. The molecule has 0 amide bonds. The molecule has 0 radical (unpaired) electrons. The summed E-state index contributed by atoms with van der Waals surface area (Å²) < 4.78 is 0. The van der Waals surface area contributed by atoms with Gasteiger partial charge in [0.2, 0.25) is 0 Å².